The van der Waals surface area contributed by atoms with Crippen LogP contribution in [0.25, 0.3) is 0 Å². The molecule has 0 aliphatic carbocycles. The van der Waals surface area contributed by atoms with Crippen LogP contribution in [0.1, 0.15) is 24.0 Å². The predicted molar refractivity (Wildman–Crippen MR) is 76.8 cm³/mol. The number of carbonyl (C=O) groups excluding carboxylic acids is 1. The molecule has 0 heterocycles. The summed E-state index contributed by atoms with van der Waals surface area (Å²) in [6, 6.07) is 5.58. The molecule has 0 aliphatic heterocycles. The first-order chi connectivity index (χ1) is 8.56. The average molecular weight is 266 g/mol. The van der Waals surface area contributed by atoms with Gasteiger partial charge in [0.25, 0.3) is 0 Å². The lowest BCUT2D eigenvalue weighted by Gasteiger charge is -2.12. The normalized spacial score (nSPS) is 10.1. The molecule has 0 aliphatic rings. The average Bonchev–Trinajstić information content (AvgIpc) is 2.28. The summed E-state index contributed by atoms with van der Waals surface area (Å²) in [5, 5.41) is 2.83. The van der Waals surface area contributed by atoms with Gasteiger partial charge in [-0.25, -0.2) is 0 Å². The molecule has 1 aromatic carbocycles. The predicted octanol–water partition coefficient (Wildman–Crippen LogP) is 1.99. The van der Waals surface area contributed by atoms with Crippen molar-refractivity contribution >= 4 is 28.8 Å². The van der Waals surface area contributed by atoms with E-state index in [2.05, 4.69) is 5.32 Å². The van der Waals surface area contributed by atoms with E-state index < -0.39 is 0 Å². The first-order valence-electron chi connectivity index (χ1n) is 5.74. The molecule has 5 heteroatoms. The van der Waals surface area contributed by atoms with Crippen molar-refractivity contribution in [3.8, 4) is 0 Å². The van der Waals surface area contributed by atoms with Crippen molar-refractivity contribution in [2.75, 3.05) is 19.0 Å². The summed E-state index contributed by atoms with van der Waals surface area (Å²) in [6.45, 7) is 2.48. The van der Waals surface area contributed by atoms with E-state index in [9.17, 15) is 4.79 Å². The number of hydrogen-bond donors (Lipinski definition) is 2. The molecule has 1 aromatic rings. The molecule has 0 unspecified atom stereocenters. The number of nitrogens with two attached hydrogens (primary N) is 1. The van der Waals surface area contributed by atoms with E-state index in [1.54, 1.807) is 13.2 Å². The van der Waals surface area contributed by atoms with Crippen LogP contribution in [0.3, 0.4) is 0 Å². The third-order valence-corrected chi connectivity index (χ3v) is 2.75. The number of amides is 1. The lowest BCUT2D eigenvalue weighted by Crippen LogP contribution is -2.18. The fraction of sp³-hybridized carbons (Fsp3) is 0.385. The van der Waals surface area contributed by atoms with Crippen LogP contribution in [0.5, 0.6) is 0 Å². The van der Waals surface area contributed by atoms with E-state index in [0.717, 1.165) is 11.1 Å². The summed E-state index contributed by atoms with van der Waals surface area (Å²) >= 11 is 5.00. The number of nitrogens with one attached hydrogen (secondary N) is 1. The Balaban J connectivity index is 2.75. The maximum atomic E-state index is 11.7. The zero-order valence-corrected chi connectivity index (χ0v) is 11.5. The van der Waals surface area contributed by atoms with E-state index >= 15 is 0 Å². The highest BCUT2D eigenvalue weighted by atomic mass is 32.1. The van der Waals surface area contributed by atoms with Crippen LogP contribution >= 0.6 is 12.2 Å². The van der Waals surface area contributed by atoms with Gasteiger partial charge >= 0.3 is 0 Å². The number of methoxy groups -OCH3 is 1. The molecule has 0 radical (unpaired) electrons. The van der Waals surface area contributed by atoms with Gasteiger partial charge in [0.2, 0.25) is 5.91 Å². The Labute approximate surface area is 113 Å². The molecule has 0 fully saturated rings. The summed E-state index contributed by atoms with van der Waals surface area (Å²) in [7, 11) is 1.61. The third kappa shape index (κ3) is 4.09. The fourth-order valence-corrected chi connectivity index (χ4v) is 1.96. The third-order valence-electron chi connectivity index (χ3n) is 2.55. The summed E-state index contributed by atoms with van der Waals surface area (Å²) in [6.07, 6.45) is 1.11. The largest absolute Gasteiger partial charge is 0.389 e. The molecule has 0 saturated heterocycles. The second-order valence-electron chi connectivity index (χ2n) is 4.01. The fourth-order valence-electron chi connectivity index (χ4n) is 1.69. The molecule has 0 spiro atoms. The number of carbonyl (C=O) groups is 1. The standard InChI is InChI=1S/C13H18N2O2S/c1-9-5-3-6-10(12(9)13(14)18)15-11(16)7-4-8-17-2/h3,5-6H,4,7-8H2,1-2H3,(H2,14,18)(H,15,16). The lowest BCUT2D eigenvalue weighted by atomic mass is 10.1. The first kappa shape index (κ1) is 14.6. The molecule has 1 rings (SSSR count). The minimum absolute atomic E-state index is 0.0600. The summed E-state index contributed by atoms with van der Waals surface area (Å²) < 4.78 is 4.90. The number of rotatable bonds is 6. The Hall–Kier alpha value is -1.46. The maximum Gasteiger partial charge on any atom is 0.224 e. The Kier molecular flexibility index (Phi) is 5.74. The van der Waals surface area contributed by atoms with Gasteiger partial charge in [-0.2, -0.15) is 0 Å². The van der Waals surface area contributed by atoms with E-state index in [1.807, 2.05) is 19.1 Å². The van der Waals surface area contributed by atoms with Crippen molar-refractivity contribution in [2.45, 2.75) is 19.8 Å². The Bertz CT molecular complexity index is 447. The molecule has 3 N–H and O–H groups in total. The van der Waals surface area contributed by atoms with Gasteiger partial charge in [-0.05, 0) is 25.0 Å². The van der Waals surface area contributed by atoms with Crippen molar-refractivity contribution in [2.24, 2.45) is 5.73 Å². The quantitative estimate of drug-likeness (QED) is 0.610. The van der Waals surface area contributed by atoms with Crippen LogP contribution in [0.2, 0.25) is 0 Å². The highest BCUT2D eigenvalue weighted by Crippen LogP contribution is 2.19. The first-order valence-corrected chi connectivity index (χ1v) is 6.15. The zero-order valence-electron chi connectivity index (χ0n) is 10.7. The molecule has 18 heavy (non-hydrogen) atoms. The Morgan fingerprint density at radius 3 is 2.83 bits per heavy atom. The topological polar surface area (TPSA) is 64.3 Å². The lowest BCUT2D eigenvalue weighted by molar-refractivity contribution is -0.116. The Morgan fingerprint density at radius 2 is 2.22 bits per heavy atom. The van der Waals surface area contributed by atoms with Gasteiger partial charge in [-0.15, -0.1) is 0 Å². The summed E-state index contributed by atoms with van der Waals surface area (Å²) in [5.74, 6) is -0.0600. The van der Waals surface area contributed by atoms with Crippen LogP contribution in [0, 0.1) is 6.92 Å². The minimum atomic E-state index is -0.0600. The molecule has 0 aromatic heterocycles. The zero-order chi connectivity index (χ0) is 13.5. The molecule has 0 saturated carbocycles. The smallest absolute Gasteiger partial charge is 0.224 e. The highest BCUT2D eigenvalue weighted by molar-refractivity contribution is 7.80. The molecule has 0 bridgehead atoms. The monoisotopic (exact) mass is 266 g/mol. The van der Waals surface area contributed by atoms with Crippen molar-refractivity contribution in [1.29, 1.82) is 0 Å². The number of hydrogen-bond acceptors (Lipinski definition) is 3. The maximum absolute atomic E-state index is 11.7. The summed E-state index contributed by atoms with van der Waals surface area (Å²) in [5.41, 5.74) is 8.03. The second kappa shape index (κ2) is 7.08. The number of anilines is 1. The second-order valence-corrected chi connectivity index (χ2v) is 4.45. The highest BCUT2D eigenvalue weighted by Gasteiger charge is 2.10. The van der Waals surface area contributed by atoms with Crippen molar-refractivity contribution in [3.63, 3.8) is 0 Å². The van der Waals surface area contributed by atoms with Gasteiger partial charge in [0.15, 0.2) is 0 Å². The SMILES string of the molecule is COCCCC(=O)Nc1cccc(C)c1C(N)=S. The van der Waals surface area contributed by atoms with Gasteiger partial charge in [-0.1, -0.05) is 24.4 Å². The number of ether oxygens (including phenoxy) is 1. The van der Waals surface area contributed by atoms with Gasteiger partial charge in [-0.3, -0.25) is 4.79 Å². The molecule has 4 nitrogen and oxygen atoms in total. The van der Waals surface area contributed by atoms with Crippen LogP contribution < -0.4 is 11.1 Å². The van der Waals surface area contributed by atoms with E-state index in [-0.39, 0.29) is 5.91 Å². The van der Waals surface area contributed by atoms with Crippen LogP contribution in [-0.2, 0) is 9.53 Å². The van der Waals surface area contributed by atoms with Gasteiger partial charge < -0.3 is 15.8 Å². The van der Waals surface area contributed by atoms with Crippen molar-refractivity contribution in [3.05, 3.63) is 29.3 Å². The van der Waals surface area contributed by atoms with Crippen LogP contribution in [0.4, 0.5) is 5.69 Å². The number of benzene rings is 1. The van der Waals surface area contributed by atoms with Crippen LogP contribution in [-0.4, -0.2) is 24.6 Å². The number of thiocarbonyl (C=S) groups is 1. The van der Waals surface area contributed by atoms with Gasteiger partial charge in [0.1, 0.15) is 4.99 Å². The molecule has 98 valence electrons. The summed E-state index contributed by atoms with van der Waals surface area (Å²) in [4.78, 5) is 12.0. The van der Waals surface area contributed by atoms with Crippen molar-refractivity contribution in [1.82, 2.24) is 0 Å². The molecular formula is C13H18N2O2S. The van der Waals surface area contributed by atoms with Gasteiger partial charge in [0.05, 0.1) is 5.69 Å². The van der Waals surface area contributed by atoms with Gasteiger partial charge in [0, 0.05) is 25.7 Å². The minimum Gasteiger partial charge on any atom is -0.389 e. The number of aryl methyl sites for hydroxylation is 1. The van der Waals surface area contributed by atoms with E-state index in [4.69, 9.17) is 22.7 Å². The molecular weight excluding hydrogens is 248 g/mol. The Morgan fingerprint density at radius 1 is 1.50 bits per heavy atom. The molecule has 0 atom stereocenters. The van der Waals surface area contributed by atoms with E-state index in [1.165, 1.54) is 0 Å². The van der Waals surface area contributed by atoms with E-state index in [0.29, 0.717) is 30.1 Å². The van der Waals surface area contributed by atoms with Crippen LogP contribution in [0.15, 0.2) is 18.2 Å². The molecule has 1 amide bonds. The van der Waals surface area contributed by atoms with Crippen molar-refractivity contribution < 1.29 is 9.53 Å².